The number of aromatic amines is 1. The third-order valence-corrected chi connectivity index (χ3v) is 3.36. The van der Waals surface area contributed by atoms with Crippen LogP contribution in [0.1, 0.15) is 11.3 Å². The molecule has 1 amide bonds. The van der Waals surface area contributed by atoms with Crippen LogP contribution in [0, 0.1) is 3.95 Å². The summed E-state index contributed by atoms with van der Waals surface area (Å²) in [5.74, 6) is -0.00194. The Morgan fingerprint density at radius 1 is 1.35 bits per heavy atom. The van der Waals surface area contributed by atoms with E-state index in [4.69, 9.17) is 12.2 Å². The maximum Gasteiger partial charge on any atom is 0.226 e. The molecule has 0 saturated carbocycles. The number of hydrogen-bond acceptors (Lipinski definition) is 3. The molecule has 0 saturated heterocycles. The first-order chi connectivity index (χ1) is 8.24. The lowest BCUT2D eigenvalue weighted by molar-refractivity contribution is -0.120. The van der Waals surface area contributed by atoms with Gasteiger partial charge in [-0.25, -0.2) is 0 Å². The van der Waals surface area contributed by atoms with E-state index in [1.165, 1.54) is 11.3 Å². The molecule has 88 valence electrons. The molecule has 0 aliphatic carbocycles. The normalized spacial score (nSPS) is 10.1. The molecule has 0 bridgehead atoms. The predicted octanol–water partition coefficient (Wildman–Crippen LogP) is 2.66. The standard InChI is InChI=1S/C12H12N2OS2/c15-11(6-10-8-17-12(16)14-10)13-7-9-4-2-1-3-5-9/h1-5,8H,6-7H2,(H,13,15)(H,14,16). The largest absolute Gasteiger partial charge is 0.352 e. The van der Waals surface area contributed by atoms with Crippen molar-refractivity contribution in [3.05, 3.63) is 50.9 Å². The molecule has 1 aromatic heterocycles. The van der Waals surface area contributed by atoms with Crippen molar-refractivity contribution in [3.63, 3.8) is 0 Å². The maximum atomic E-state index is 11.6. The van der Waals surface area contributed by atoms with Crippen LogP contribution in [-0.2, 0) is 17.8 Å². The minimum absolute atomic E-state index is 0.00194. The van der Waals surface area contributed by atoms with Gasteiger partial charge in [-0.15, -0.1) is 11.3 Å². The van der Waals surface area contributed by atoms with Crippen LogP contribution >= 0.6 is 23.6 Å². The van der Waals surface area contributed by atoms with E-state index in [9.17, 15) is 4.79 Å². The van der Waals surface area contributed by atoms with Crippen molar-refractivity contribution in [2.75, 3.05) is 0 Å². The van der Waals surface area contributed by atoms with Gasteiger partial charge >= 0.3 is 0 Å². The zero-order chi connectivity index (χ0) is 12.1. The first-order valence-electron chi connectivity index (χ1n) is 5.21. The summed E-state index contributed by atoms with van der Waals surface area (Å²) in [4.78, 5) is 14.6. The number of amides is 1. The smallest absolute Gasteiger partial charge is 0.226 e. The van der Waals surface area contributed by atoms with Crippen LogP contribution in [0.5, 0.6) is 0 Å². The van der Waals surface area contributed by atoms with Crippen molar-refractivity contribution in [1.82, 2.24) is 10.3 Å². The number of H-pyrrole nitrogens is 1. The predicted molar refractivity (Wildman–Crippen MR) is 71.5 cm³/mol. The number of thiazole rings is 1. The first-order valence-corrected chi connectivity index (χ1v) is 6.50. The van der Waals surface area contributed by atoms with Crippen LogP contribution in [0.15, 0.2) is 35.7 Å². The highest BCUT2D eigenvalue weighted by atomic mass is 32.1. The average molecular weight is 264 g/mol. The van der Waals surface area contributed by atoms with Gasteiger partial charge in [0.1, 0.15) is 0 Å². The molecule has 0 radical (unpaired) electrons. The van der Waals surface area contributed by atoms with E-state index in [0.717, 1.165) is 11.3 Å². The van der Waals surface area contributed by atoms with E-state index in [1.54, 1.807) is 0 Å². The molecule has 5 heteroatoms. The van der Waals surface area contributed by atoms with Gasteiger partial charge in [0.05, 0.1) is 6.42 Å². The van der Waals surface area contributed by atoms with Crippen LogP contribution in [0.2, 0.25) is 0 Å². The maximum absolute atomic E-state index is 11.6. The highest BCUT2D eigenvalue weighted by molar-refractivity contribution is 7.73. The van der Waals surface area contributed by atoms with Crippen LogP contribution in [0.25, 0.3) is 0 Å². The second-order valence-electron chi connectivity index (χ2n) is 3.61. The van der Waals surface area contributed by atoms with Gasteiger partial charge in [0, 0.05) is 17.6 Å². The van der Waals surface area contributed by atoms with Gasteiger partial charge in [0.15, 0.2) is 3.95 Å². The number of aromatic nitrogens is 1. The molecule has 1 aromatic carbocycles. The summed E-state index contributed by atoms with van der Waals surface area (Å²) in [5, 5.41) is 4.75. The van der Waals surface area contributed by atoms with Crippen LogP contribution < -0.4 is 5.32 Å². The first kappa shape index (κ1) is 12.0. The quantitative estimate of drug-likeness (QED) is 0.834. The summed E-state index contributed by atoms with van der Waals surface area (Å²) in [6, 6.07) is 9.84. The molecule has 2 N–H and O–H groups in total. The fourth-order valence-electron chi connectivity index (χ4n) is 1.43. The molecule has 0 atom stereocenters. The fraction of sp³-hybridized carbons (Fsp3) is 0.167. The SMILES string of the molecule is O=C(Cc1csc(=S)[nH]1)NCc1ccccc1. The average Bonchev–Trinajstić information content (AvgIpc) is 2.73. The van der Waals surface area contributed by atoms with Crippen LogP contribution in [0.4, 0.5) is 0 Å². The number of nitrogens with one attached hydrogen (secondary N) is 2. The van der Waals surface area contributed by atoms with Gasteiger partial charge in [-0.05, 0) is 17.8 Å². The number of carbonyl (C=O) groups excluding carboxylic acids is 1. The Labute approximate surface area is 109 Å². The molecule has 3 nitrogen and oxygen atoms in total. The third kappa shape index (κ3) is 3.80. The van der Waals surface area contributed by atoms with Crippen LogP contribution in [0.3, 0.4) is 0 Å². The van der Waals surface area contributed by atoms with E-state index in [-0.39, 0.29) is 5.91 Å². The van der Waals surface area contributed by atoms with Gasteiger partial charge in [-0.1, -0.05) is 30.3 Å². The Morgan fingerprint density at radius 3 is 2.76 bits per heavy atom. The van der Waals surface area contributed by atoms with Crippen molar-refractivity contribution in [2.45, 2.75) is 13.0 Å². The monoisotopic (exact) mass is 264 g/mol. The molecule has 0 spiro atoms. The van der Waals surface area contributed by atoms with Crippen molar-refractivity contribution < 1.29 is 4.79 Å². The molecular formula is C12H12N2OS2. The van der Waals surface area contributed by atoms with Gasteiger partial charge < -0.3 is 10.3 Å². The summed E-state index contributed by atoms with van der Waals surface area (Å²) in [5.41, 5.74) is 1.96. The molecule has 0 fully saturated rings. The second kappa shape index (κ2) is 5.75. The lowest BCUT2D eigenvalue weighted by Crippen LogP contribution is -2.24. The van der Waals surface area contributed by atoms with E-state index in [0.29, 0.717) is 16.9 Å². The lowest BCUT2D eigenvalue weighted by atomic mass is 10.2. The van der Waals surface area contributed by atoms with E-state index >= 15 is 0 Å². The zero-order valence-electron chi connectivity index (χ0n) is 9.10. The summed E-state index contributed by atoms with van der Waals surface area (Å²) in [6.07, 6.45) is 0.347. The van der Waals surface area contributed by atoms with Gasteiger partial charge in [-0.2, -0.15) is 0 Å². The van der Waals surface area contributed by atoms with Crippen molar-refractivity contribution in [1.29, 1.82) is 0 Å². The Kier molecular flexibility index (Phi) is 4.06. The van der Waals surface area contributed by atoms with Crippen LogP contribution in [-0.4, -0.2) is 10.9 Å². The van der Waals surface area contributed by atoms with E-state index in [1.807, 2.05) is 35.7 Å². The minimum atomic E-state index is -0.00194. The number of hydrogen-bond donors (Lipinski definition) is 2. The number of carbonyl (C=O) groups is 1. The second-order valence-corrected chi connectivity index (χ2v) is 5.16. The Morgan fingerprint density at radius 2 is 2.12 bits per heavy atom. The summed E-state index contributed by atoms with van der Waals surface area (Å²) in [6.45, 7) is 0.560. The molecule has 2 aromatic rings. The molecule has 17 heavy (non-hydrogen) atoms. The highest BCUT2D eigenvalue weighted by Gasteiger charge is 2.04. The molecule has 0 aliphatic rings. The van der Waals surface area contributed by atoms with E-state index in [2.05, 4.69) is 10.3 Å². The Balaban J connectivity index is 1.84. The van der Waals surface area contributed by atoms with Gasteiger partial charge in [0.2, 0.25) is 5.91 Å². The number of benzene rings is 1. The minimum Gasteiger partial charge on any atom is -0.352 e. The lowest BCUT2D eigenvalue weighted by Gasteiger charge is -2.03. The Hall–Kier alpha value is -1.46. The van der Waals surface area contributed by atoms with Gasteiger partial charge in [0.25, 0.3) is 0 Å². The number of rotatable bonds is 4. The third-order valence-electron chi connectivity index (χ3n) is 2.25. The summed E-state index contributed by atoms with van der Waals surface area (Å²) in [7, 11) is 0. The van der Waals surface area contributed by atoms with Crippen molar-refractivity contribution in [3.8, 4) is 0 Å². The van der Waals surface area contributed by atoms with Gasteiger partial charge in [-0.3, -0.25) is 4.79 Å². The molecule has 2 rings (SSSR count). The molecule has 1 heterocycles. The zero-order valence-corrected chi connectivity index (χ0v) is 10.7. The molecular weight excluding hydrogens is 252 g/mol. The van der Waals surface area contributed by atoms with Crippen molar-refractivity contribution in [2.24, 2.45) is 0 Å². The molecule has 0 aliphatic heterocycles. The molecule has 0 unspecified atom stereocenters. The highest BCUT2D eigenvalue weighted by Crippen LogP contribution is 2.05. The van der Waals surface area contributed by atoms with Crippen molar-refractivity contribution >= 4 is 29.5 Å². The topological polar surface area (TPSA) is 44.9 Å². The Bertz CT molecular complexity index is 545. The van der Waals surface area contributed by atoms with E-state index < -0.39 is 0 Å². The summed E-state index contributed by atoms with van der Waals surface area (Å²) < 4.78 is 0.704. The fourth-order valence-corrected chi connectivity index (χ4v) is 2.29. The summed E-state index contributed by atoms with van der Waals surface area (Å²) >= 11 is 6.40.